The van der Waals surface area contributed by atoms with E-state index >= 15 is 0 Å². The summed E-state index contributed by atoms with van der Waals surface area (Å²) < 4.78 is 11.6. The monoisotopic (exact) mass is 414 g/mol. The fraction of sp³-hybridized carbons (Fsp3) is 0.200. The third-order valence-corrected chi connectivity index (χ3v) is 3.85. The number of anilines is 1. The summed E-state index contributed by atoms with van der Waals surface area (Å²) in [7, 11) is 3.19. The summed E-state index contributed by atoms with van der Waals surface area (Å²) in [6.45, 7) is 0.525. The number of hydrogen-bond donors (Lipinski definition) is 1. The van der Waals surface area contributed by atoms with Crippen molar-refractivity contribution in [1.82, 2.24) is 0 Å². The zero-order valence-corrected chi connectivity index (χ0v) is 14.3. The second kappa shape index (κ2) is 7.30. The van der Waals surface area contributed by atoms with Crippen molar-refractivity contribution in [3.8, 4) is 11.5 Å². The Morgan fingerprint density at radius 2 is 2.00 bits per heavy atom. The van der Waals surface area contributed by atoms with Crippen LogP contribution in [0, 0.1) is 13.7 Å². The maximum absolute atomic E-state index is 10.8. The summed E-state index contributed by atoms with van der Waals surface area (Å²) in [6.07, 6.45) is 0. The summed E-state index contributed by atoms with van der Waals surface area (Å²) in [5.74, 6) is 1.35. The summed E-state index contributed by atoms with van der Waals surface area (Å²) in [5, 5.41) is 13.9. The predicted molar refractivity (Wildman–Crippen MR) is 92.7 cm³/mol. The third-order valence-electron chi connectivity index (χ3n) is 3.05. The summed E-state index contributed by atoms with van der Waals surface area (Å²) >= 11 is 2.18. The number of non-ortho nitro benzene ring substituents is 1. The standard InChI is InChI=1S/C15H15IN2O4/c1-21-14-7-10(6-13(16)15(14)22-2)9-17-11-4-3-5-12(8-11)18(19)20/h3-8,17H,9H2,1-2H3. The van der Waals surface area contributed by atoms with Crippen molar-refractivity contribution in [3.63, 3.8) is 0 Å². The van der Waals surface area contributed by atoms with Gasteiger partial charge >= 0.3 is 0 Å². The van der Waals surface area contributed by atoms with Gasteiger partial charge in [-0.1, -0.05) is 6.07 Å². The van der Waals surface area contributed by atoms with E-state index in [0.717, 1.165) is 9.13 Å². The van der Waals surface area contributed by atoms with Crippen LogP contribution in [0.4, 0.5) is 11.4 Å². The van der Waals surface area contributed by atoms with Gasteiger partial charge in [-0.05, 0) is 46.4 Å². The van der Waals surface area contributed by atoms with E-state index in [9.17, 15) is 10.1 Å². The van der Waals surface area contributed by atoms with Crippen LogP contribution in [0.15, 0.2) is 36.4 Å². The van der Waals surface area contributed by atoms with Gasteiger partial charge in [0.1, 0.15) is 0 Å². The van der Waals surface area contributed by atoms with E-state index in [0.29, 0.717) is 23.7 Å². The fourth-order valence-electron chi connectivity index (χ4n) is 2.01. The topological polar surface area (TPSA) is 73.6 Å². The van der Waals surface area contributed by atoms with Crippen LogP contribution in [0.1, 0.15) is 5.56 Å². The predicted octanol–water partition coefficient (Wildman–Crippen LogP) is 3.83. The van der Waals surface area contributed by atoms with Crippen molar-refractivity contribution >= 4 is 34.0 Å². The lowest BCUT2D eigenvalue weighted by atomic mass is 10.2. The van der Waals surface area contributed by atoms with Crippen molar-refractivity contribution < 1.29 is 14.4 Å². The second-order valence-corrected chi connectivity index (χ2v) is 5.64. The molecule has 0 saturated carbocycles. The number of nitro benzene ring substituents is 1. The number of methoxy groups -OCH3 is 2. The van der Waals surface area contributed by atoms with Gasteiger partial charge in [0.2, 0.25) is 0 Å². The van der Waals surface area contributed by atoms with Gasteiger partial charge in [-0.2, -0.15) is 0 Å². The molecule has 22 heavy (non-hydrogen) atoms. The molecule has 116 valence electrons. The van der Waals surface area contributed by atoms with Crippen LogP contribution in [-0.4, -0.2) is 19.1 Å². The number of nitrogens with one attached hydrogen (secondary N) is 1. The molecule has 0 aliphatic rings. The molecule has 0 radical (unpaired) electrons. The average molecular weight is 414 g/mol. The number of nitrogens with zero attached hydrogens (tertiary/aromatic N) is 1. The van der Waals surface area contributed by atoms with E-state index in [1.165, 1.54) is 12.1 Å². The Balaban J connectivity index is 2.16. The minimum Gasteiger partial charge on any atom is -0.493 e. The molecule has 0 aliphatic carbocycles. The molecule has 0 bridgehead atoms. The van der Waals surface area contributed by atoms with Gasteiger partial charge in [-0.3, -0.25) is 10.1 Å². The lowest BCUT2D eigenvalue weighted by Crippen LogP contribution is -2.02. The molecular weight excluding hydrogens is 399 g/mol. The minimum atomic E-state index is -0.412. The van der Waals surface area contributed by atoms with Crippen molar-refractivity contribution in [2.45, 2.75) is 6.54 Å². The minimum absolute atomic E-state index is 0.0619. The summed E-state index contributed by atoms with van der Waals surface area (Å²) in [6, 6.07) is 10.3. The Morgan fingerprint density at radius 1 is 1.23 bits per heavy atom. The number of rotatable bonds is 6. The van der Waals surface area contributed by atoms with Gasteiger partial charge in [0.25, 0.3) is 5.69 Å². The highest BCUT2D eigenvalue weighted by molar-refractivity contribution is 14.1. The molecule has 7 heteroatoms. The molecule has 2 rings (SSSR count). The molecule has 0 aliphatic heterocycles. The highest BCUT2D eigenvalue weighted by Gasteiger charge is 2.11. The number of ether oxygens (including phenoxy) is 2. The summed E-state index contributed by atoms with van der Waals surface area (Å²) in [5.41, 5.74) is 1.75. The highest BCUT2D eigenvalue weighted by atomic mass is 127. The van der Waals surface area contributed by atoms with Gasteiger partial charge in [0.15, 0.2) is 11.5 Å². The molecule has 0 aromatic heterocycles. The first-order valence-electron chi connectivity index (χ1n) is 6.44. The first-order chi connectivity index (χ1) is 10.5. The maximum atomic E-state index is 10.8. The van der Waals surface area contributed by atoms with Crippen molar-refractivity contribution in [3.05, 3.63) is 55.6 Å². The molecule has 0 amide bonds. The quantitative estimate of drug-likeness (QED) is 0.442. The molecule has 6 nitrogen and oxygen atoms in total. The van der Waals surface area contributed by atoms with Gasteiger partial charge in [-0.25, -0.2) is 0 Å². The number of nitro groups is 1. The highest BCUT2D eigenvalue weighted by Crippen LogP contribution is 2.33. The first kappa shape index (κ1) is 16.3. The Labute approximate surface area is 141 Å². The molecule has 1 N–H and O–H groups in total. The van der Waals surface area contributed by atoms with E-state index in [1.807, 2.05) is 12.1 Å². The van der Waals surface area contributed by atoms with Crippen molar-refractivity contribution in [2.75, 3.05) is 19.5 Å². The van der Waals surface area contributed by atoms with E-state index in [1.54, 1.807) is 26.4 Å². The third kappa shape index (κ3) is 3.79. The fourth-order valence-corrected chi connectivity index (χ4v) is 2.89. The van der Waals surface area contributed by atoms with Crippen LogP contribution in [0.25, 0.3) is 0 Å². The van der Waals surface area contributed by atoms with Crippen molar-refractivity contribution in [1.29, 1.82) is 0 Å². The van der Waals surface area contributed by atoms with E-state index in [4.69, 9.17) is 9.47 Å². The summed E-state index contributed by atoms with van der Waals surface area (Å²) in [4.78, 5) is 10.4. The molecule has 0 fully saturated rings. The molecule has 0 atom stereocenters. The molecule has 0 saturated heterocycles. The normalized spacial score (nSPS) is 10.1. The van der Waals surface area contributed by atoms with Gasteiger partial charge in [-0.15, -0.1) is 0 Å². The molecule has 2 aromatic carbocycles. The van der Waals surface area contributed by atoms with Crippen LogP contribution in [0.2, 0.25) is 0 Å². The average Bonchev–Trinajstić information content (AvgIpc) is 2.52. The Hall–Kier alpha value is -2.03. The lowest BCUT2D eigenvalue weighted by molar-refractivity contribution is -0.384. The van der Waals surface area contributed by atoms with Crippen LogP contribution in [-0.2, 0) is 6.54 Å². The smallest absolute Gasteiger partial charge is 0.271 e. The SMILES string of the molecule is COc1cc(CNc2cccc([N+](=O)[O-])c2)cc(I)c1OC. The van der Waals surface area contributed by atoms with E-state index < -0.39 is 4.92 Å². The molecule has 0 spiro atoms. The zero-order chi connectivity index (χ0) is 16.1. The Kier molecular flexibility index (Phi) is 5.42. The molecule has 2 aromatic rings. The Bertz CT molecular complexity index is 691. The molecular formula is C15H15IN2O4. The van der Waals surface area contributed by atoms with Gasteiger partial charge in [0.05, 0.1) is 22.7 Å². The van der Waals surface area contributed by atoms with Gasteiger partial charge in [0, 0.05) is 24.4 Å². The number of benzene rings is 2. The van der Waals surface area contributed by atoms with Crippen LogP contribution in [0.3, 0.4) is 0 Å². The molecule has 0 unspecified atom stereocenters. The number of hydrogen-bond acceptors (Lipinski definition) is 5. The van der Waals surface area contributed by atoms with Gasteiger partial charge < -0.3 is 14.8 Å². The largest absolute Gasteiger partial charge is 0.493 e. The van der Waals surface area contributed by atoms with Crippen LogP contribution < -0.4 is 14.8 Å². The van der Waals surface area contributed by atoms with E-state index in [-0.39, 0.29) is 5.69 Å². The van der Waals surface area contributed by atoms with Crippen LogP contribution >= 0.6 is 22.6 Å². The first-order valence-corrected chi connectivity index (χ1v) is 7.51. The van der Waals surface area contributed by atoms with Crippen LogP contribution in [0.5, 0.6) is 11.5 Å². The lowest BCUT2D eigenvalue weighted by Gasteiger charge is -2.13. The number of halogens is 1. The molecule has 0 heterocycles. The Morgan fingerprint density at radius 3 is 2.64 bits per heavy atom. The zero-order valence-electron chi connectivity index (χ0n) is 12.1. The maximum Gasteiger partial charge on any atom is 0.271 e. The second-order valence-electron chi connectivity index (χ2n) is 4.47. The van der Waals surface area contributed by atoms with E-state index in [2.05, 4.69) is 27.9 Å². The van der Waals surface area contributed by atoms with Crippen molar-refractivity contribution in [2.24, 2.45) is 0 Å².